The maximum absolute atomic E-state index is 11.0. The molecule has 0 aliphatic carbocycles. The number of amides is 1. The number of rotatable bonds is 4. The fourth-order valence-electron chi connectivity index (χ4n) is 2.12. The molecular weight excluding hydrogens is 224 g/mol. The van der Waals surface area contributed by atoms with Gasteiger partial charge in [0.05, 0.1) is 12.2 Å². The van der Waals surface area contributed by atoms with Crippen molar-refractivity contribution in [3.8, 4) is 0 Å². The molecule has 1 saturated heterocycles. The molecule has 6 nitrogen and oxygen atoms in total. The van der Waals surface area contributed by atoms with Crippen LogP contribution in [0.4, 0.5) is 0 Å². The third-order valence-electron chi connectivity index (χ3n) is 2.61. The summed E-state index contributed by atoms with van der Waals surface area (Å²) in [5, 5.41) is 11.4. The Balaban J connectivity index is 2.54. The number of carbonyl (C=O) groups excluding carboxylic acids is 1. The first kappa shape index (κ1) is 13.9. The Morgan fingerprint density at radius 2 is 1.94 bits per heavy atom. The Morgan fingerprint density at radius 1 is 1.41 bits per heavy atom. The van der Waals surface area contributed by atoms with Gasteiger partial charge in [0.25, 0.3) is 0 Å². The lowest BCUT2D eigenvalue weighted by molar-refractivity contribution is -0.143. The first-order chi connectivity index (χ1) is 7.88. The molecule has 0 spiro atoms. The van der Waals surface area contributed by atoms with Crippen molar-refractivity contribution in [1.29, 1.82) is 0 Å². The number of nitrogens with one attached hydrogen (secondary N) is 1. The lowest BCUT2D eigenvalue weighted by Gasteiger charge is -2.36. The summed E-state index contributed by atoms with van der Waals surface area (Å²) in [6.45, 7) is 6.92. The largest absolute Gasteiger partial charge is 0.480 e. The normalized spacial score (nSPS) is 27.5. The summed E-state index contributed by atoms with van der Waals surface area (Å²) in [6.07, 6.45) is 0.177. The van der Waals surface area contributed by atoms with E-state index in [1.54, 1.807) is 0 Å². The second kappa shape index (κ2) is 5.97. The van der Waals surface area contributed by atoms with Gasteiger partial charge in [0.1, 0.15) is 6.04 Å². The molecule has 0 saturated carbocycles. The minimum Gasteiger partial charge on any atom is -0.480 e. The monoisotopic (exact) mass is 244 g/mol. The zero-order chi connectivity index (χ0) is 13.0. The van der Waals surface area contributed by atoms with Crippen LogP contribution in [0, 0.1) is 0 Å². The van der Waals surface area contributed by atoms with Crippen LogP contribution in [0.2, 0.25) is 0 Å². The second-order valence-electron chi connectivity index (χ2n) is 4.57. The molecular formula is C11H20N2O4. The van der Waals surface area contributed by atoms with Crippen LogP contribution in [0.25, 0.3) is 0 Å². The molecule has 0 aromatic rings. The van der Waals surface area contributed by atoms with Crippen molar-refractivity contribution in [3.05, 3.63) is 0 Å². The van der Waals surface area contributed by atoms with E-state index in [0.717, 1.165) is 0 Å². The predicted octanol–water partition coefficient (Wildman–Crippen LogP) is -0.315. The molecule has 1 unspecified atom stereocenters. The van der Waals surface area contributed by atoms with Gasteiger partial charge in [-0.15, -0.1) is 0 Å². The molecule has 17 heavy (non-hydrogen) atoms. The van der Waals surface area contributed by atoms with E-state index >= 15 is 0 Å². The van der Waals surface area contributed by atoms with E-state index in [1.165, 1.54) is 6.92 Å². The average molecular weight is 244 g/mol. The van der Waals surface area contributed by atoms with Crippen molar-refractivity contribution in [2.24, 2.45) is 0 Å². The topological polar surface area (TPSA) is 78.9 Å². The molecule has 1 heterocycles. The van der Waals surface area contributed by atoms with E-state index in [-0.39, 0.29) is 18.1 Å². The first-order valence-electron chi connectivity index (χ1n) is 5.76. The number of ether oxygens (including phenoxy) is 1. The van der Waals surface area contributed by atoms with Crippen LogP contribution in [-0.2, 0) is 14.3 Å². The average Bonchev–Trinajstić information content (AvgIpc) is 2.13. The summed E-state index contributed by atoms with van der Waals surface area (Å²) in [7, 11) is 0. The van der Waals surface area contributed by atoms with Gasteiger partial charge in [0, 0.05) is 26.6 Å². The maximum atomic E-state index is 11.0. The fourth-order valence-corrected chi connectivity index (χ4v) is 2.12. The third kappa shape index (κ3) is 4.70. The lowest BCUT2D eigenvalue weighted by Crippen LogP contribution is -2.53. The highest BCUT2D eigenvalue weighted by Gasteiger charge is 2.27. The smallest absolute Gasteiger partial charge is 0.327 e. The molecule has 6 heteroatoms. The summed E-state index contributed by atoms with van der Waals surface area (Å²) in [5.74, 6) is -1.33. The van der Waals surface area contributed by atoms with Gasteiger partial charge in [0.2, 0.25) is 5.91 Å². The molecule has 1 aliphatic rings. The van der Waals surface area contributed by atoms with Gasteiger partial charge >= 0.3 is 5.97 Å². The minimum atomic E-state index is -1.01. The lowest BCUT2D eigenvalue weighted by atomic mass is 10.2. The van der Waals surface area contributed by atoms with Crippen LogP contribution in [0.1, 0.15) is 20.8 Å². The van der Waals surface area contributed by atoms with Gasteiger partial charge in [-0.05, 0) is 13.8 Å². The molecule has 0 radical (unpaired) electrons. The second-order valence-corrected chi connectivity index (χ2v) is 4.57. The number of carboxylic acids is 1. The van der Waals surface area contributed by atoms with Gasteiger partial charge in [-0.2, -0.15) is 0 Å². The minimum absolute atomic E-state index is 0.0884. The number of carboxylic acid groups (broad SMARTS) is 1. The molecule has 2 N–H and O–H groups in total. The number of aliphatic carboxylic acids is 1. The quantitative estimate of drug-likeness (QED) is 0.709. The van der Waals surface area contributed by atoms with Crippen molar-refractivity contribution in [2.75, 3.05) is 19.6 Å². The van der Waals surface area contributed by atoms with Crippen LogP contribution in [0.3, 0.4) is 0 Å². The third-order valence-corrected chi connectivity index (χ3v) is 2.61. The van der Waals surface area contributed by atoms with Crippen LogP contribution >= 0.6 is 0 Å². The summed E-state index contributed by atoms with van der Waals surface area (Å²) < 4.78 is 5.56. The summed E-state index contributed by atoms with van der Waals surface area (Å²) in [4.78, 5) is 23.9. The van der Waals surface area contributed by atoms with Gasteiger partial charge in [0.15, 0.2) is 0 Å². The molecule has 98 valence electrons. The molecule has 3 atom stereocenters. The standard InChI is InChI=1S/C11H20N2O4/c1-7-4-13(5-8(2)17-7)6-10(11(15)16)12-9(3)14/h7-8,10H,4-6H2,1-3H3,(H,12,14)(H,15,16)/t7-,8+,10?. The van der Waals surface area contributed by atoms with E-state index in [0.29, 0.717) is 19.6 Å². The Kier molecular flexibility index (Phi) is 4.89. The van der Waals surface area contributed by atoms with E-state index in [4.69, 9.17) is 9.84 Å². The van der Waals surface area contributed by atoms with Crippen molar-refractivity contribution < 1.29 is 19.4 Å². The summed E-state index contributed by atoms with van der Waals surface area (Å²) >= 11 is 0. The van der Waals surface area contributed by atoms with Crippen LogP contribution < -0.4 is 5.32 Å². The number of morpholine rings is 1. The number of carbonyl (C=O) groups is 2. The van der Waals surface area contributed by atoms with Gasteiger partial charge in [-0.25, -0.2) is 4.79 Å². The highest BCUT2D eigenvalue weighted by atomic mass is 16.5. The van der Waals surface area contributed by atoms with E-state index in [2.05, 4.69) is 5.32 Å². The van der Waals surface area contributed by atoms with Crippen molar-refractivity contribution in [3.63, 3.8) is 0 Å². The molecule has 1 fully saturated rings. The molecule has 0 aromatic heterocycles. The Bertz CT molecular complexity index is 285. The molecule has 0 bridgehead atoms. The zero-order valence-electron chi connectivity index (χ0n) is 10.5. The number of hydrogen-bond acceptors (Lipinski definition) is 4. The predicted molar refractivity (Wildman–Crippen MR) is 61.7 cm³/mol. The van der Waals surface area contributed by atoms with Gasteiger partial charge < -0.3 is 15.2 Å². The van der Waals surface area contributed by atoms with E-state index < -0.39 is 12.0 Å². The van der Waals surface area contributed by atoms with Crippen LogP contribution in [-0.4, -0.2) is 59.8 Å². The van der Waals surface area contributed by atoms with Crippen LogP contribution in [0.5, 0.6) is 0 Å². The van der Waals surface area contributed by atoms with E-state index in [9.17, 15) is 9.59 Å². The Morgan fingerprint density at radius 3 is 2.35 bits per heavy atom. The fraction of sp³-hybridized carbons (Fsp3) is 0.818. The highest BCUT2D eigenvalue weighted by molar-refractivity contribution is 5.82. The van der Waals surface area contributed by atoms with Crippen molar-refractivity contribution >= 4 is 11.9 Å². The number of hydrogen-bond donors (Lipinski definition) is 2. The molecule has 0 aromatic carbocycles. The van der Waals surface area contributed by atoms with Gasteiger partial charge in [-0.1, -0.05) is 0 Å². The van der Waals surface area contributed by atoms with Crippen LogP contribution in [0.15, 0.2) is 0 Å². The van der Waals surface area contributed by atoms with E-state index in [1.807, 2.05) is 18.7 Å². The molecule has 1 amide bonds. The Labute approximate surface area is 101 Å². The first-order valence-corrected chi connectivity index (χ1v) is 5.76. The summed E-state index contributed by atoms with van der Waals surface area (Å²) in [5.41, 5.74) is 0. The SMILES string of the molecule is CC(=O)NC(CN1C[C@@H](C)O[C@@H](C)C1)C(=O)O. The van der Waals surface area contributed by atoms with Crippen molar-refractivity contribution in [2.45, 2.75) is 39.0 Å². The molecule has 1 aliphatic heterocycles. The number of nitrogens with zero attached hydrogens (tertiary/aromatic N) is 1. The maximum Gasteiger partial charge on any atom is 0.327 e. The zero-order valence-corrected chi connectivity index (χ0v) is 10.5. The highest BCUT2D eigenvalue weighted by Crippen LogP contribution is 2.10. The summed E-state index contributed by atoms with van der Waals surface area (Å²) in [6, 6.07) is -0.856. The van der Waals surface area contributed by atoms with Gasteiger partial charge in [-0.3, -0.25) is 9.69 Å². The Hall–Kier alpha value is -1.14. The molecule has 1 rings (SSSR count). The van der Waals surface area contributed by atoms with Crippen molar-refractivity contribution in [1.82, 2.24) is 10.2 Å².